The first-order valence-corrected chi connectivity index (χ1v) is 16.5. The van der Waals surface area contributed by atoms with E-state index in [0.29, 0.717) is 17.6 Å². The zero-order valence-corrected chi connectivity index (χ0v) is 27.7. The van der Waals surface area contributed by atoms with E-state index < -0.39 is 0 Å². The summed E-state index contributed by atoms with van der Waals surface area (Å²) in [6.07, 6.45) is 3.66. The lowest BCUT2D eigenvalue weighted by Gasteiger charge is -2.17. The van der Waals surface area contributed by atoms with Gasteiger partial charge < -0.3 is 9.88 Å². The molecule has 0 radical (unpaired) electrons. The third-order valence-corrected chi connectivity index (χ3v) is 9.01. The molecule has 6 nitrogen and oxygen atoms in total. The summed E-state index contributed by atoms with van der Waals surface area (Å²) in [6.45, 7) is 14.5. The normalized spacial score (nSPS) is 11.1. The van der Waals surface area contributed by atoms with Crippen LogP contribution in [0.25, 0.3) is 73.7 Å². The molecule has 6 heteroatoms. The fourth-order valence-corrected chi connectivity index (χ4v) is 6.72. The van der Waals surface area contributed by atoms with Gasteiger partial charge in [0.15, 0.2) is 11.6 Å². The molecule has 0 saturated heterocycles. The molecular weight excluding hydrogens is 613 g/mol. The van der Waals surface area contributed by atoms with Crippen molar-refractivity contribution in [1.82, 2.24) is 24.1 Å². The largest absolute Gasteiger partial charge is 0.356 e. The predicted octanol–water partition coefficient (Wildman–Crippen LogP) is 10.8. The number of nitrogens with zero attached hydrogens (tertiary/aromatic N) is 5. The Morgan fingerprint density at radius 1 is 0.620 bits per heavy atom. The van der Waals surface area contributed by atoms with Gasteiger partial charge in [0.2, 0.25) is 5.95 Å². The number of hydrogen-bond acceptors (Lipinski definition) is 4. The Bertz CT molecular complexity index is 2520. The fraction of sp³-hybridized carbons (Fsp3) is 0.0227. The van der Waals surface area contributed by atoms with Gasteiger partial charge in [-0.05, 0) is 48.9 Å². The van der Waals surface area contributed by atoms with Gasteiger partial charge in [-0.25, -0.2) is 4.98 Å². The van der Waals surface area contributed by atoms with E-state index in [1.54, 1.807) is 6.08 Å². The molecule has 8 aromatic rings. The number of rotatable bonds is 9. The Kier molecular flexibility index (Phi) is 7.74. The Hall–Kier alpha value is -6.79. The summed E-state index contributed by atoms with van der Waals surface area (Å²) in [6, 6.07) is 45.3. The van der Waals surface area contributed by atoms with E-state index in [2.05, 4.69) is 108 Å². The van der Waals surface area contributed by atoms with E-state index in [-0.39, 0.29) is 0 Å². The molecule has 0 aliphatic carbocycles. The van der Waals surface area contributed by atoms with Gasteiger partial charge in [0.05, 0.1) is 22.4 Å². The Morgan fingerprint density at radius 2 is 1.20 bits per heavy atom. The smallest absolute Gasteiger partial charge is 0.238 e. The molecule has 50 heavy (non-hydrogen) atoms. The van der Waals surface area contributed by atoms with Crippen LogP contribution < -0.4 is 5.32 Å². The molecule has 0 aliphatic heterocycles. The Labute approximate surface area is 291 Å². The third-order valence-electron chi connectivity index (χ3n) is 9.01. The first-order chi connectivity index (χ1) is 24.6. The number of nitrogens with one attached hydrogen (secondary N) is 1. The SMILES string of the molecule is C=CC(=C)Nc1cccc(-n2c(-c3c(C=C)c4ccccc4n3-c3nc(-c4ccccc4)nc(-c4ccccc4)n3)c(C)c3ccccc32)c1. The van der Waals surface area contributed by atoms with Crippen molar-refractivity contribution in [2.24, 2.45) is 0 Å². The summed E-state index contributed by atoms with van der Waals surface area (Å²) in [5, 5.41) is 5.56. The minimum Gasteiger partial charge on any atom is -0.356 e. The molecule has 0 amide bonds. The minimum absolute atomic E-state index is 0.519. The van der Waals surface area contributed by atoms with Crippen LogP contribution in [0, 0.1) is 6.92 Å². The molecule has 8 rings (SSSR count). The lowest BCUT2D eigenvalue weighted by molar-refractivity contribution is 0.929. The van der Waals surface area contributed by atoms with Crippen molar-refractivity contribution in [3.05, 3.63) is 176 Å². The van der Waals surface area contributed by atoms with Crippen LogP contribution in [-0.4, -0.2) is 24.1 Å². The zero-order chi connectivity index (χ0) is 34.2. The van der Waals surface area contributed by atoms with Crippen LogP contribution in [0.2, 0.25) is 0 Å². The number of fused-ring (bicyclic) bond motifs is 2. The second-order valence-electron chi connectivity index (χ2n) is 12.1. The lowest BCUT2D eigenvalue weighted by atomic mass is 10.1. The van der Waals surface area contributed by atoms with Gasteiger partial charge in [0, 0.05) is 44.5 Å². The maximum absolute atomic E-state index is 5.19. The van der Waals surface area contributed by atoms with E-state index in [0.717, 1.165) is 72.5 Å². The first kappa shape index (κ1) is 30.5. The van der Waals surface area contributed by atoms with Crippen molar-refractivity contribution >= 4 is 33.6 Å². The summed E-state index contributed by atoms with van der Waals surface area (Å²) < 4.78 is 4.49. The van der Waals surface area contributed by atoms with Crippen molar-refractivity contribution in [1.29, 1.82) is 0 Å². The van der Waals surface area contributed by atoms with Crippen LogP contribution in [0.1, 0.15) is 11.1 Å². The topological polar surface area (TPSA) is 60.6 Å². The summed E-state index contributed by atoms with van der Waals surface area (Å²) >= 11 is 0. The number of hydrogen-bond donors (Lipinski definition) is 1. The van der Waals surface area contributed by atoms with Gasteiger partial charge >= 0.3 is 0 Å². The van der Waals surface area contributed by atoms with Crippen LogP contribution in [0.4, 0.5) is 5.69 Å². The van der Waals surface area contributed by atoms with E-state index >= 15 is 0 Å². The molecule has 3 heterocycles. The highest BCUT2D eigenvalue weighted by atomic mass is 15.2. The lowest BCUT2D eigenvalue weighted by Crippen LogP contribution is -2.10. The van der Waals surface area contributed by atoms with Crippen LogP contribution in [-0.2, 0) is 0 Å². The van der Waals surface area contributed by atoms with Crippen molar-refractivity contribution < 1.29 is 0 Å². The molecule has 0 bridgehead atoms. The number of benzene rings is 5. The Balaban J connectivity index is 1.49. The summed E-state index contributed by atoms with van der Waals surface area (Å²) in [5.41, 5.74) is 10.6. The van der Waals surface area contributed by atoms with Gasteiger partial charge in [-0.1, -0.05) is 129 Å². The molecule has 0 atom stereocenters. The summed E-state index contributed by atoms with van der Waals surface area (Å²) in [5.74, 6) is 1.71. The van der Waals surface area contributed by atoms with E-state index in [1.807, 2.05) is 72.8 Å². The van der Waals surface area contributed by atoms with Crippen LogP contribution in [0.3, 0.4) is 0 Å². The average molecular weight is 647 g/mol. The van der Waals surface area contributed by atoms with Gasteiger partial charge in [-0.2, -0.15) is 9.97 Å². The highest BCUT2D eigenvalue weighted by Crippen LogP contribution is 2.43. The fourth-order valence-electron chi connectivity index (χ4n) is 6.72. The molecule has 0 aliphatic rings. The van der Waals surface area contributed by atoms with E-state index in [4.69, 9.17) is 15.0 Å². The second kappa shape index (κ2) is 12.7. The number of para-hydroxylation sites is 2. The average Bonchev–Trinajstić information content (AvgIpc) is 3.66. The van der Waals surface area contributed by atoms with Gasteiger partial charge in [0.1, 0.15) is 0 Å². The summed E-state index contributed by atoms with van der Waals surface area (Å²) in [4.78, 5) is 15.4. The maximum atomic E-state index is 5.19. The second-order valence-corrected chi connectivity index (χ2v) is 12.1. The zero-order valence-electron chi connectivity index (χ0n) is 27.7. The Morgan fingerprint density at radius 3 is 1.82 bits per heavy atom. The molecule has 240 valence electrons. The van der Waals surface area contributed by atoms with Crippen molar-refractivity contribution in [3.63, 3.8) is 0 Å². The molecule has 0 saturated carbocycles. The molecule has 1 N–H and O–H groups in total. The molecule has 0 spiro atoms. The summed E-state index contributed by atoms with van der Waals surface area (Å²) in [7, 11) is 0. The highest BCUT2D eigenvalue weighted by molar-refractivity contribution is 6.02. The third kappa shape index (κ3) is 5.20. The minimum atomic E-state index is 0.519. The predicted molar refractivity (Wildman–Crippen MR) is 208 cm³/mol. The van der Waals surface area contributed by atoms with Crippen LogP contribution in [0.5, 0.6) is 0 Å². The molecule has 0 fully saturated rings. The molecule has 5 aromatic carbocycles. The van der Waals surface area contributed by atoms with E-state index in [9.17, 15) is 0 Å². The van der Waals surface area contributed by atoms with Crippen LogP contribution in [0.15, 0.2) is 165 Å². The van der Waals surface area contributed by atoms with E-state index in [1.165, 1.54) is 0 Å². The van der Waals surface area contributed by atoms with Crippen LogP contribution >= 0.6 is 0 Å². The number of anilines is 1. The van der Waals surface area contributed by atoms with Crippen molar-refractivity contribution in [2.75, 3.05) is 5.32 Å². The number of aromatic nitrogens is 5. The van der Waals surface area contributed by atoms with Crippen molar-refractivity contribution in [2.45, 2.75) is 6.92 Å². The first-order valence-electron chi connectivity index (χ1n) is 16.5. The monoisotopic (exact) mass is 646 g/mol. The highest BCUT2D eigenvalue weighted by Gasteiger charge is 2.27. The molecular formula is C44H34N6. The standard InChI is InChI=1S/C44H34N6/c1-5-29(3)45-33-22-17-23-34(28-33)49-38-26-15-13-24-36(38)30(4)40(49)41-35(6-2)37-25-14-16-27-39(37)50(41)44-47-42(31-18-9-7-10-19-31)46-43(48-44)32-20-11-8-12-21-32/h5-28,45H,1-3H2,4H3. The molecule has 3 aromatic heterocycles. The number of allylic oxidation sites excluding steroid dienone is 1. The molecule has 0 unspecified atom stereocenters. The van der Waals surface area contributed by atoms with Gasteiger partial charge in [-0.3, -0.25) is 4.57 Å². The van der Waals surface area contributed by atoms with Gasteiger partial charge in [-0.15, -0.1) is 0 Å². The van der Waals surface area contributed by atoms with Crippen molar-refractivity contribution in [3.8, 4) is 45.8 Å². The quantitative estimate of drug-likeness (QED) is 0.159. The van der Waals surface area contributed by atoms with Gasteiger partial charge in [0.25, 0.3) is 0 Å². The maximum Gasteiger partial charge on any atom is 0.238 e. The number of aryl methyl sites for hydroxylation is 1.